The van der Waals surface area contributed by atoms with E-state index in [4.69, 9.17) is 14.6 Å². The van der Waals surface area contributed by atoms with Crippen LogP contribution >= 0.6 is 0 Å². The standard InChI is InChI=1S/C17H21NO5/c1-3-5-12-7-8-14(15(10-12)22-2)23-11-16(19)18-9-4-6-13(18)17(20)21/h3,5,7-8,10,13H,4,6,9,11H2,1-2H3,(H,20,21)/b5-3+. The van der Waals surface area contributed by atoms with Gasteiger partial charge in [-0.05, 0) is 37.5 Å². The number of carbonyl (C=O) groups is 2. The summed E-state index contributed by atoms with van der Waals surface area (Å²) in [5, 5.41) is 9.12. The number of benzene rings is 1. The highest BCUT2D eigenvalue weighted by molar-refractivity contribution is 5.85. The molecule has 0 bridgehead atoms. The number of likely N-dealkylation sites (tertiary alicyclic amines) is 1. The lowest BCUT2D eigenvalue weighted by Gasteiger charge is -2.21. The average molecular weight is 319 g/mol. The Kier molecular flexibility index (Phi) is 5.62. The largest absolute Gasteiger partial charge is 0.493 e. The Bertz CT molecular complexity index is 611. The van der Waals surface area contributed by atoms with Crippen LogP contribution in [0.3, 0.4) is 0 Å². The number of aliphatic carboxylic acids is 1. The van der Waals surface area contributed by atoms with Gasteiger partial charge >= 0.3 is 5.97 Å². The summed E-state index contributed by atoms with van der Waals surface area (Å²) in [6.07, 6.45) is 5.03. The molecule has 0 aromatic heterocycles. The first-order chi connectivity index (χ1) is 11.1. The molecule has 1 fully saturated rings. The van der Waals surface area contributed by atoms with Gasteiger partial charge in [0, 0.05) is 6.54 Å². The van der Waals surface area contributed by atoms with Gasteiger partial charge in [0.25, 0.3) is 5.91 Å². The summed E-state index contributed by atoms with van der Waals surface area (Å²) in [5.74, 6) is -0.302. The zero-order valence-electron chi connectivity index (χ0n) is 13.3. The van der Waals surface area contributed by atoms with Gasteiger partial charge in [0.05, 0.1) is 7.11 Å². The van der Waals surface area contributed by atoms with Crippen LogP contribution in [0.4, 0.5) is 0 Å². The Balaban J connectivity index is 2.02. The van der Waals surface area contributed by atoms with Crippen molar-refractivity contribution in [3.8, 4) is 11.5 Å². The first-order valence-corrected chi connectivity index (χ1v) is 7.52. The minimum Gasteiger partial charge on any atom is -0.493 e. The van der Waals surface area contributed by atoms with Crippen LogP contribution < -0.4 is 9.47 Å². The third-order valence-corrected chi connectivity index (χ3v) is 3.76. The summed E-state index contributed by atoms with van der Waals surface area (Å²) < 4.78 is 10.8. The number of carboxylic acids is 1. The molecular weight excluding hydrogens is 298 g/mol. The Hall–Kier alpha value is -2.50. The maximum atomic E-state index is 12.2. The zero-order valence-corrected chi connectivity index (χ0v) is 13.3. The fourth-order valence-corrected chi connectivity index (χ4v) is 2.64. The van der Waals surface area contributed by atoms with Gasteiger partial charge in [-0.3, -0.25) is 4.79 Å². The Labute approximate surface area is 135 Å². The number of allylic oxidation sites excluding steroid dienone is 1. The molecule has 0 spiro atoms. The number of hydrogen-bond acceptors (Lipinski definition) is 4. The van der Waals surface area contributed by atoms with Crippen molar-refractivity contribution in [3.05, 3.63) is 29.8 Å². The second-order valence-electron chi connectivity index (χ2n) is 5.28. The van der Waals surface area contributed by atoms with Crippen LogP contribution in [0.15, 0.2) is 24.3 Å². The number of carbonyl (C=O) groups excluding carboxylic acids is 1. The SMILES string of the molecule is C/C=C/c1ccc(OCC(=O)N2CCCC2C(=O)O)c(OC)c1. The second kappa shape index (κ2) is 7.67. The fraction of sp³-hybridized carbons (Fsp3) is 0.412. The van der Waals surface area contributed by atoms with Crippen molar-refractivity contribution in [3.63, 3.8) is 0 Å². The summed E-state index contributed by atoms with van der Waals surface area (Å²) in [4.78, 5) is 24.7. The zero-order chi connectivity index (χ0) is 16.8. The summed E-state index contributed by atoms with van der Waals surface area (Å²) >= 11 is 0. The monoisotopic (exact) mass is 319 g/mol. The fourth-order valence-electron chi connectivity index (χ4n) is 2.64. The van der Waals surface area contributed by atoms with E-state index in [0.29, 0.717) is 30.9 Å². The highest BCUT2D eigenvalue weighted by Crippen LogP contribution is 2.29. The predicted octanol–water partition coefficient (Wildman–Crippen LogP) is 2.18. The minimum atomic E-state index is -0.968. The van der Waals surface area contributed by atoms with Gasteiger partial charge in [0.2, 0.25) is 0 Å². The molecule has 1 N–H and O–H groups in total. The van der Waals surface area contributed by atoms with E-state index in [2.05, 4.69) is 0 Å². The molecule has 1 atom stereocenters. The van der Waals surface area contributed by atoms with Gasteiger partial charge in [-0.2, -0.15) is 0 Å². The first kappa shape index (κ1) is 16.9. The second-order valence-corrected chi connectivity index (χ2v) is 5.28. The van der Waals surface area contributed by atoms with Crippen LogP contribution in [-0.2, 0) is 9.59 Å². The number of ether oxygens (including phenoxy) is 2. The molecule has 23 heavy (non-hydrogen) atoms. The molecule has 1 heterocycles. The van der Waals surface area contributed by atoms with Crippen molar-refractivity contribution in [2.45, 2.75) is 25.8 Å². The van der Waals surface area contributed by atoms with Crippen LogP contribution in [-0.4, -0.2) is 48.2 Å². The van der Waals surface area contributed by atoms with Gasteiger partial charge in [-0.1, -0.05) is 18.2 Å². The topological polar surface area (TPSA) is 76.1 Å². The van der Waals surface area contributed by atoms with Gasteiger partial charge in [0.1, 0.15) is 6.04 Å². The Morgan fingerprint density at radius 1 is 1.39 bits per heavy atom. The molecule has 1 unspecified atom stereocenters. The van der Waals surface area contributed by atoms with E-state index in [0.717, 1.165) is 5.56 Å². The predicted molar refractivity (Wildman–Crippen MR) is 85.6 cm³/mol. The number of hydrogen-bond donors (Lipinski definition) is 1. The molecular formula is C17H21NO5. The van der Waals surface area contributed by atoms with E-state index in [1.54, 1.807) is 6.07 Å². The summed E-state index contributed by atoms with van der Waals surface area (Å²) in [5.41, 5.74) is 0.966. The highest BCUT2D eigenvalue weighted by atomic mass is 16.5. The minimum absolute atomic E-state index is 0.205. The molecule has 1 aromatic carbocycles. The summed E-state index contributed by atoms with van der Waals surface area (Å²) in [7, 11) is 1.53. The van der Waals surface area contributed by atoms with Gasteiger partial charge < -0.3 is 19.5 Å². The first-order valence-electron chi connectivity index (χ1n) is 7.52. The molecule has 2 rings (SSSR count). The molecule has 124 valence electrons. The van der Waals surface area contributed by atoms with Crippen LogP contribution in [0.25, 0.3) is 6.08 Å². The Morgan fingerprint density at radius 2 is 2.17 bits per heavy atom. The lowest BCUT2D eigenvalue weighted by molar-refractivity contribution is -0.149. The van der Waals surface area contributed by atoms with Crippen molar-refractivity contribution in [2.75, 3.05) is 20.3 Å². The molecule has 1 aliphatic rings. The Morgan fingerprint density at radius 3 is 2.83 bits per heavy atom. The molecule has 1 amide bonds. The maximum Gasteiger partial charge on any atom is 0.326 e. The molecule has 1 aliphatic heterocycles. The third kappa shape index (κ3) is 4.03. The number of methoxy groups -OCH3 is 1. The van der Waals surface area contributed by atoms with Crippen LogP contribution in [0.5, 0.6) is 11.5 Å². The highest BCUT2D eigenvalue weighted by Gasteiger charge is 2.34. The summed E-state index contributed by atoms with van der Waals surface area (Å²) in [6, 6.07) is 4.67. The van der Waals surface area contributed by atoms with E-state index in [-0.39, 0.29) is 12.5 Å². The van der Waals surface area contributed by atoms with Crippen LogP contribution in [0, 0.1) is 0 Å². The van der Waals surface area contributed by atoms with Crippen molar-refractivity contribution in [2.24, 2.45) is 0 Å². The quantitative estimate of drug-likeness (QED) is 0.870. The van der Waals surface area contributed by atoms with E-state index in [1.165, 1.54) is 12.0 Å². The number of carboxylic acid groups (broad SMARTS) is 1. The normalized spacial score (nSPS) is 17.5. The number of rotatable bonds is 6. The van der Waals surface area contributed by atoms with Crippen LogP contribution in [0.1, 0.15) is 25.3 Å². The van der Waals surface area contributed by atoms with Crippen molar-refractivity contribution < 1.29 is 24.2 Å². The van der Waals surface area contributed by atoms with Crippen molar-refractivity contribution >= 4 is 18.0 Å². The van der Waals surface area contributed by atoms with E-state index >= 15 is 0 Å². The van der Waals surface area contributed by atoms with Gasteiger partial charge in [-0.15, -0.1) is 0 Å². The van der Waals surface area contributed by atoms with Gasteiger partial charge in [0.15, 0.2) is 18.1 Å². The molecule has 0 aliphatic carbocycles. The molecule has 1 saturated heterocycles. The number of nitrogens with zero attached hydrogens (tertiary/aromatic N) is 1. The number of amides is 1. The van der Waals surface area contributed by atoms with Crippen molar-refractivity contribution in [1.82, 2.24) is 4.90 Å². The maximum absolute atomic E-state index is 12.2. The van der Waals surface area contributed by atoms with Crippen LogP contribution in [0.2, 0.25) is 0 Å². The molecule has 0 radical (unpaired) electrons. The van der Waals surface area contributed by atoms with Crippen molar-refractivity contribution in [1.29, 1.82) is 0 Å². The van der Waals surface area contributed by atoms with E-state index in [9.17, 15) is 9.59 Å². The molecule has 6 nitrogen and oxygen atoms in total. The summed E-state index contributed by atoms with van der Waals surface area (Å²) in [6.45, 7) is 2.17. The lowest BCUT2D eigenvalue weighted by Crippen LogP contribution is -2.42. The third-order valence-electron chi connectivity index (χ3n) is 3.76. The smallest absolute Gasteiger partial charge is 0.326 e. The van der Waals surface area contributed by atoms with E-state index in [1.807, 2.05) is 31.2 Å². The molecule has 1 aromatic rings. The van der Waals surface area contributed by atoms with E-state index < -0.39 is 12.0 Å². The molecule has 6 heteroatoms. The van der Waals surface area contributed by atoms with Gasteiger partial charge in [-0.25, -0.2) is 4.79 Å². The molecule has 0 saturated carbocycles. The average Bonchev–Trinajstić information content (AvgIpc) is 3.03. The lowest BCUT2D eigenvalue weighted by atomic mass is 10.2.